The topological polar surface area (TPSA) is 81.1 Å². The van der Waals surface area contributed by atoms with Gasteiger partial charge in [-0.1, -0.05) is 30.4 Å². The summed E-state index contributed by atoms with van der Waals surface area (Å²) in [6.45, 7) is 3.34. The molecule has 0 bridgehead atoms. The molecule has 2 aromatic rings. The van der Waals surface area contributed by atoms with Crippen LogP contribution in [-0.4, -0.2) is 62.2 Å². The number of anilines is 2. The molecule has 4 rings (SSSR count). The lowest BCUT2D eigenvalue weighted by Crippen LogP contribution is -2.41. The van der Waals surface area contributed by atoms with Crippen LogP contribution in [0.1, 0.15) is 32.1 Å². The van der Waals surface area contributed by atoms with Crippen molar-refractivity contribution >= 4 is 45.4 Å². The molecular formula is C17H23ClN6OS. The quantitative estimate of drug-likeness (QED) is 0.571. The second-order valence-electron chi connectivity index (χ2n) is 6.80. The number of fused-ring (bicyclic) bond motifs is 1. The number of nitrogens with zero attached hydrogens (tertiary/aromatic N) is 6. The number of hydrogen-bond donors (Lipinski definition) is 0. The minimum absolute atomic E-state index is 0.210. The third-order valence-electron chi connectivity index (χ3n) is 5.05. The van der Waals surface area contributed by atoms with E-state index in [0.717, 1.165) is 48.6 Å². The van der Waals surface area contributed by atoms with Gasteiger partial charge < -0.3 is 14.4 Å². The molecule has 2 aliphatic rings. The van der Waals surface area contributed by atoms with E-state index >= 15 is 0 Å². The highest BCUT2D eigenvalue weighted by Crippen LogP contribution is 2.30. The van der Waals surface area contributed by atoms with Gasteiger partial charge in [0, 0.05) is 13.1 Å². The molecule has 0 unspecified atom stereocenters. The maximum Gasteiger partial charge on any atom is 0.225 e. The number of aromatic nitrogens is 4. The Kier molecular flexibility index (Phi) is 5.61. The van der Waals surface area contributed by atoms with Crippen molar-refractivity contribution in [1.29, 1.82) is 0 Å². The van der Waals surface area contributed by atoms with E-state index in [2.05, 4.69) is 29.7 Å². The lowest BCUT2D eigenvalue weighted by molar-refractivity contribution is 0.554. The van der Waals surface area contributed by atoms with Crippen LogP contribution < -0.4 is 9.80 Å². The molecule has 26 heavy (non-hydrogen) atoms. The average molecular weight is 395 g/mol. The summed E-state index contributed by atoms with van der Waals surface area (Å²) >= 11 is 5.51. The second kappa shape index (κ2) is 8.10. The van der Waals surface area contributed by atoms with E-state index in [9.17, 15) is 4.55 Å². The normalized spacial score (nSPS) is 20.2. The summed E-state index contributed by atoms with van der Waals surface area (Å²) in [5.41, 5.74) is 1.45. The summed E-state index contributed by atoms with van der Waals surface area (Å²) in [5, 5.41) is 0.210. The third-order valence-corrected chi connectivity index (χ3v) is 6.49. The Morgan fingerprint density at radius 1 is 0.808 bits per heavy atom. The van der Waals surface area contributed by atoms with E-state index in [1.165, 1.54) is 19.3 Å². The summed E-state index contributed by atoms with van der Waals surface area (Å²) in [4.78, 5) is 22.4. The summed E-state index contributed by atoms with van der Waals surface area (Å²) in [7, 11) is 0. The highest BCUT2D eigenvalue weighted by molar-refractivity contribution is 7.91. The van der Waals surface area contributed by atoms with Gasteiger partial charge in [-0.3, -0.25) is 0 Å². The molecule has 2 aliphatic heterocycles. The van der Waals surface area contributed by atoms with E-state index in [-0.39, 0.29) is 5.28 Å². The van der Waals surface area contributed by atoms with Crippen LogP contribution in [0, 0.1) is 0 Å². The van der Waals surface area contributed by atoms with Gasteiger partial charge in [0.2, 0.25) is 5.28 Å². The van der Waals surface area contributed by atoms with Gasteiger partial charge in [-0.2, -0.15) is 4.98 Å². The molecule has 2 saturated heterocycles. The van der Waals surface area contributed by atoms with E-state index < -0.39 is 11.2 Å². The molecule has 2 fully saturated rings. The Balaban J connectivity index is 1.73. The van der Waals surface area contributed by atoms with E-state index in [1.807, 2.05) is 0 Å². The maximum atomic E-state index is 11.7. The first-order chi connectivity index (χ1) is 12.7. The molecule has 0 aliphatic carbocycles. The molecule has 7 nitrogen and oxygen atoms in total. The Morgan fingerprint density at radius 2 is 1.46 bits per heavy atom. The van der Waals surface area contributed by atoms with Crippen molar-refractivity contribution in [3.05, 3.63) is 11.6 Å². The van der Waals surface area contributed by atoms with Crippen LogP contribution in [0.15, 0.2) is 6.33 Å². The molecule has 0 spiro atoms. The smallest absolute Gasteiger partial charge is 0.225 e. The zero-order chi connectivity index (χ0) is 17.9. The van der Waals surface area contributed by atoms with Crippen molar-refractivity contribution in [3.63, 3.8) is 0 Å². The van der Waals surface area contributed by atoms with Crippen LogP contribution in [0.5, 0.6) is 0 Å². The molecule has 9 heteroatoms. The first-order valence-corrected chi connectivity index (χ1v) is 11.1. The highest BCUT2D eigenvalue weighted by Gasteiger charge is 2.25. The van der Waals surface area contributed by atoms with Crippen LogP contribution in [0.4, 0.5) is 11.6 Å². The fourth-order valence-corrected chi connectivity index (χ4v) is 4.87. The number of rotatable bonds is 2. The molecule has 0 amide bonds. The first kappa shape index (κ1) is 18.0. The van der Waals surface area contributed by atoms with Gasteiger partial charge in [0.1, 0.15) is 28.9 Å². The maximum absolute atomic E-state index is 11.7. The van der Waals surface area contributed by atoms with Crippen molar-refractivity contribution in [2.45, 2.75) is 32.1 Å². The summed E-state index contributed by atoms with van der Waals surface area (Å²) in [5.74, 6) is 2.87. The van der Waals surface area contributed by atoms with Gasteiger partial charge >= 0.3 is 0 Å². The van der Waals surface area contributed by atoms with Gasteiger partial charge in [-0.05, 0) is 24.4 Å². The summed E-state index contributed by atoms with van der Waals surface area (Å²) < 4.78 is 11.7. The van der Waals surface area contributed by atoms with Crippen molar-refractivity contribution in [2.75, 3.05) is 47.5 Å². The lowest BCUT2D eigenvalue weighted by Gasteiger charge is -2.30. The Hall–Kier alpha value is -1.38. The monoisotopic (exact) mass is 394 g/mol. The predicted molar refractivity (Wildman–Crippen MR) is 106 cm³/mol. The van der Waals surface area contributed by atoms with Gasteiger partial charge in [0.25, 0.3) is 0 Å². The number of hydrogen-bond acceptors (Lipinski definition) is 7. The zero-order valence-corrected chi connectivity index (χ0v) is 16.3. The SMILES string of the molecule is [O-][S+]1CCN(c2nc(Cl)nc3c(N4CCCCCCC4)ncnc23)CC1. The third kappa shape index (κ3) is 3.82. The van der Waals surface area contributed by atoms with Crippen molar-refractivity contribution in [1.82, 2.24) is 19.9 Å². The van der Waals surface area contributed by atoms with Crippen molar-refractivity contribution in [3.8, 4) is 0 Å². The largest absolute Gasteiger partial charge is 0.616 e. The summed E-state index contributed by atoms with van der Waals surface area (Å²) in [6.07, 6.45) is 7.74. The molecule has 0 N–H and O–H groups in total. The minimum Gasteiger partial charge on any atom is -0.616 e. The fraction of sp³-hybridized carbons (Fsp3) is 0.647. The van der Waals surface area contributed by atoms with Gasteiger partial charge in [-0.25, -0.2) is 15.0 Å². The zero-order valence-electron chi connectivity index (χ0n) is 14.7. The lowest BCUT2D eigenvalue weighted by atomic mass is 10.1. The van der Waals surface area contributed by atoms with Gasteiger partial charge in [0.15, 0.2) is 11.6 Å². The highest BCUT2D eigenvalue weighted by atomic mass is 35.5. The standard InChI is InChI=1S/C17H23ClN6OS/c18-17-21-14-13(16(22-17)24-8-10-26(25)11-9-24)19-12-20-15(14)23-6-4-2-1-3-5-7-23/h12H,1-11H2. The van der Waals surface area contributed by atoms with E-state index in [4.69, 9.17) is 11.6 Å². The van der Waals surface area contributed by atoms with Crippen LogP contribution >= 0.6 is 11.6 Å². The molecular weight excluding hydrogens is 372 g/mol. The average Bonchev–Trinajstić information content (AvgIpc) is 2.61. The van der Waals surface area contributed by atoms with Gasteiger partial charge in [0.05, 0.1) is 13.1 Å². The van der Waals surface area contributed by atoms with E-state index in [0.29, 0.717) is 24.6 Å². The Labute approximate surface area is 161 Å². The molecule has 0 saturated carbocycles. The molecule has 2 aromatic heterocycles. The second-order valence-corrected chi connectivity index (χ2v) is 8.83. The van der Waals surface area contributed by atoms with Crippen LogP contribution in [0.3, 0.4) is 0 Å². The molecule has 0 atom stereocenters. The fourth-order valence-electron chi connectivity index (χ4n) is 3.65. The molecule has 140 valence electrons. The van der Waals surface area contributed by atoms with Crippen LogP contribution in [0.2, 0.25) is 5.28 Å². The van der Waals surface area contributed by atoms with Crippen LogP contribution in [-0.2, 0) is 11.2 Å². The predicted octanol–water partition coefficient (Wildman–Crippen LogP) is 2.41. The summed E-state index contributed by atoms with van der Waals surface area (Å²) in [6, 6.07) is 0. The van der Waals surface area contributed by atoms with Gasteiger partial charge in [-0.15, -0.1) is 0 Å². The molecule has 4 heterocycles. The van der Waals surface area contributed by atoms with Crippen molar-refractivity contribution < 1.29 is 4.55 Å². The molecule has 0 aromatic carbocycles. The Morgan fingerprint density at radius 3 is 2.19 bits per heavy atom. The number of halogens is 1. The first-order valence-electron chi connectivity index (χ1n) is 9.25. The van der Waals surface area contributed by atoms with E-state index in [1.54, 1.807) is 6.33 Å². The Bertz CT molecular complexity index is 762. The molecule has 0 radical (unpaired) electrons. The van der Waals surface area contributed by atoms with Crippen molar-refractivity contribution in [2.24, 2.45) is 0 Å². The van der Waals surface area contributed by atoms with Crippen LogP contribution in [0.25, 0.3) is 11.0 Å². The minimum atomic E-state index is -0.745.